The first-order chi connectivity index (χ1) is 10.1. The third kappa shape index (κ3) is 4.98. The monoisotopic (exact) mass is 288 g/mol. The van der Waals surface area contributed by atoms with E-state index in [0.29, 0.717) is 5.92 Å². The molecule has 0 aromatic heterocycles. The molecule has 6 nitrogen and oxygen atoms in total. The third-order valence-corrected chi connectivity index (χ3v) is 3.87. The summed E-state index contributed by atoms with van der Waals surface area (Å²) in [6, 6.07) is 10.7. The maximum absolute atomic E-state index is 5.83. The number of nitrogens with two attached hydrogens (primary N) is 3. The fourth-order valence-electron chi connectivity index (χ4n) is 2.52. The van der Waals surface area contributed by atoms with Crippen molar-refractivity contribution in [3.05, 3.63) is 35.9 Å². The SMILES string of the molecule is NC(N)=NNC(N)=N[C@H](CCc1ccccc1)C1CCC1. The molecule has 1 aromatic carbocycles. The average Bonchev–Trinajstić information content (AvgIpc) is 2.42. The van der Waals surface area contributed by atoms with Crippen molar-refractivity contribution in [1.82, 2.24) is 5.43 Å². The van der Waals surface area contributed by atoms with E-state index in [1.54, 1.807) is 0 Å². The molecular formula is C15H24N6. The molecule has 1 fully saturated rings. The summed E-state index contributed by atoms with van der Waals surface area (Å²) in [6.07, 6.45) is 5.71. The smallest absolute Gasteiger partial charge is 0.209 e. The van der Waals surface area contributed by atoms with Gasteiger partial charge in [0.1, 0.15) is 0 Å². The Hall–Kier alpha value is -2.24. The van der Waals surface area contributed by atoms with E-state index in [2.05, 4.69) is 39.8 Å². The first-order valence-corrected chi connectivity index (χ1v) is 7.37. The number of rotatable bonds is 6. The molecule has 0 spiro atoms. The molecule has 1 saturated carbocycles. The van der Waals surface area contributed by atoms with E-state index >= 15 is 0 Å². The fraction of sp³-hybridized carbons (Fsp3) is 0.467. The summed E-state index contributed by atoms with van der Waals surface area (Å²) in [4.78, 5) is 4.55. The Morgan fingerprint density at radius 2 is 1.90 bits per heavy atom. The van der Waals surface area contributed by atoms with Crippen LogP contribution in [0, 0.1) is 5.92 Å². The summed E-state index contributed by atoms with van der Waals surface area (Å²) in [7, 11) is 0. The molecule has 1 aliphatic rings. The van der Waals surface area contributed by atoms with E-state index in [4.69, 9.17) is 17.2 Å². The maximum Gasteiger partial charge on any atom is 0.209 e. The Morgan fingerprint density at radius 3 is 2.48 bits per heavy atom. The van der Waals surface area contributed by atoms with Crippen molar-refractivity contribution in [1.29, 1.82) is 0 Å². The third-order valence-electron chi connectivity index (χ3n) is 3.87. The molecule has 0 amide bonds. The topological polar surface area (TPSA) is 115 Å². The number of aryl methyl sites for hydroxylation is 1. The number of hydrogen-bond donors (Lipinski definition) is 4. The molecule has 1 atom stereocenters. The normalized spacial score (nSPS) is 16.9. The molecule has 7 N–H and O–H groups in total. The Labute approximate surface area is 125 Å². The van der Waals surface area contributed by atoms with Crippen molar-refractivity contribution in [2.24, 2.45) is 33.2 Å². The average molecular weight is 288 g/mol. The summed E-state index contributed by atoms with van der Waals surface area (Å²) in [5, 5.41) is 3.67. The van der Waals surface area contributed by atoms with Gasteiger partial charge in [-0.3, -0.25) is 0 Å². The second-order valence-electron chi connectivity index (χ2n) is 5.45. The minimum atomic E-state index is -0.0578. The molecule has 0 unspecified atom stereocenters. The summed E-state index contributed by atoms with van der Waals surface area (Å²) in [5.41, 5.74) is 20.3. The van der Waals surface area contributed by atoms with Gasteiger partial charge >= 0.3 is 0 Å². The molecule has 1 aliphatic carbocycles. The number of nitrogens with zero attached hydrogens (tertiary/aromatic N) is 2. The lowest BCUT2D eigenvalue weighted by molar-refractivity contribution is 0.254. The van der Waals surface area contributed by atoms with Crippen LogP contribution in [0.25, 0.3) is 0 Å². The molecule has 0 radical (unpaired) electrons. The maximum atomic E-state index is 5.83. The zero-order chi connectivity index (χ0) is 15.1. The lowest BCUT2D eigenvalue weighted by Crippen LogP contribution is -2.36. The second kappa shape index (κ2) is 7.52. The van der Waals surface area contributed by atoms with Crippen molar-refractivity contribution in [3.63, 3.8) is 0 Å². The van der Waals surface area contributed by atoms with E-state index in [1.807, 2.05) is 6.07 Å². The zero-order valence-electron chi connectivity index (χ0n) is 12.2. The molecule has 0 bridgehead atoms. The van der Waals surface area contributed by atoms with Crippen molar-refractivity contribution in [2.75, 3.05) is 0 Å². The van der Waals surface area contributed by atoms with Crippen molar-refractivity contribution in [3.8, 4) is 0 Å². The summed E-state index contributed by atoms with van der Waals surface area (Å²) >= 11 is 0. The molecule has 114 valence electrons. The van der Waals surface area contributed by atoms with Gasteiger partial charge in [0.15, 0.2) is 0 Å². The van der Waals surface area contributed by atoms with Crippen LogP contribution in [-0.2, 0) is 6.42 Å². The van der Waals surface area contributed by atoms with Gasteiger partial charge in [0.25, 0.3) is 0 Å². The highest BCUT2D eigenvalue weighted by atomic mass is 15.4. The van der Waals surface area contributed by atoms with E-state index < -0.39 is 0 Å². The largest absolute Gasteiger partial charge is 0.369 e. The minimum Gasteiger partial charge on any atom is -0.369 e. The summed E-state index contributed by atoms with van der Waals surface area (Å²) in [6.45, 7) is 0. The first kappa shape index (κ1) is 15.2. The van der Waals surface area contributed by atoms with Gasteiger partial charge in [-0.1, -0.05) is 36.8 Å². The van der Waals surface area contributed by atoms with Crippen molar-refractivity contribution < 1.29 is 0 Å². The fourth-order valence-corrected chi connectivity index (χ4v) is 2.52. The van der Waals surface area contributed by atoms with Crippen LogP contribution in [-0.4, -0.2) is 18.0 Å². The summed E-state index contributed by atoms with van der Waals surface area (Å²) < 4.78 is 0. The van der Waals surface area contributed by atoms with Crippen molar-refractivity contribution >= 4 is 11.9 Å². The minimum absolute atomic E-state index is 0.0578. The Balaban J connectivity index is 1.94. The Kier molecular flexibility index (Phi) is 5.43. The standard InChI is InChI=1S/C15H24N6/c16-14(17)20-21-15(18)19-13(12-7-4-8-12)10-9-11-5-2-1-3-6-11/h1-3,5-6,12-13H,4,7-10H2,(H4,16,17,20)(H3,18,19,21)/t13-/m1/s1. The molecule has 0 saturated heterocycles. The number of aliphatic imine (C=N–C) groups is 1. The number of hydrogen-bond acceptors (Lipinski definition) is 2. The van der Waals surface area contributed by atoms with Gasteiger partial charge in [-0.2, -0.15) is 0 Å². The van der Waals surface area contributed by atoms with Crippen LogP contribution in [0.3, 0.4) is 0 Å². The van der Waals surface area contributed by atoms with Crippen LogP contribution in [0.5, 0.6) is 0 Å². The highest BCUT2D eigenvalue weighted by molar-refractivity contribution is 5.81. The Morgan fingerprint density at radius 1 is 1.19 bits per heavy atom. The van der Waals surface area contributed by atoms with Gasteiger partial charge < -0.3 is 17.2 Å². The molecule has 1 aromatic rings. The second-order valence-corrected chi connectivity index (χ2v) is 5.45. The van der Waals surface area contributed by atoms with E-state index in [-0.39, 0.29) is 18.0 Å². The summed E-state index contributed by atoms with van der Waals surface area (Å²) in [5.74, 6) is 0.833. The van der Waals surface area contributed by atoms with Crippen LogP contribution in [0.4, 0.5) is 0 Å². The number of benzene rings is 1. The van der Waals surface area contributed by atoms with E-state index in [9.17, 15) is 0 Å². The molecule has 0 heterocycles. The van der Waals surface area contributed by atoms with Crippen LogP contribution in [0.2, 0.25) is 0 Å². The van der Waals surface area contributed by atoms with Gasteiger partial charge in [-0.05, 0) is 37.2 Å². The quantitative estimate of drug-likeness (QED) is 0.353. The molecule has 21 heavy (non-hydrogen) atoms. The molecule has 0 aliphatic heterocycles. The van der Waals surface area contributed by atoms with Gasteiger partial charge in [-0.25, -0.2) is 10.4 Å². The van der Waals surface area contributed by atoms with Gasteiger partial charge in [0.2, 0.25) is 11.9 Å². The molecular weight excluding hydrogens is 264 g/mol. The predicted molar refractivity (Wildman–Crippen MR) is 86.5 cm³/mol. The van der Waals surface area contributed by atoms with Crippen LogP contribution in [0.1, 0.15) is 31.2 Å². The number of nitrogens with one attached hydrogen (secondary N) is 1. The van der Waals surface area contributed by atoms with E-state index in [0.717, 1.165) is 12.8 Å². The molecule has 2 rings (SSSR count). The lowest BCUT2D eigenvalue weighted by Gasteiger charge is -2.31. The Bertz CT molecular complexity index is 488. The van der Waals surface area contributed by atoms with E-state index in [1.165, 1.54) is 24.8 Å². The highest BCUT2D eigenvalue weighted by Crippen LogP contribution is 2.33. The van der Waals surface area contributed by atoms with Crippen LogP contribution < -0.4 is 22.6 Å². The van der Waals surface area contributed by atoms with Crippen molar-refractivity contribution in [2.45, 2.75) is 38.1 Å². The van der Waals surface area contributed by atoms with Gasteiger partial charge in [-0.15, -0.1) is 5.10 Å². The zero-order valence-corrected chi connectivity index (χ0v) is 12.2. The van der Waals surface area contributed by atoms with Crippen LogP contribution >= 0.6 is 0 Å². The highest BCUT2D eigenvalue weighted by Gasteiger charge is 2.26. The van der Waals surface area contributed by atoms with Gasteiger partial charge in [0.05, 0.1) is 6.04 Å². The van der Waals surface area contributed by atoms with Crippen LogP contribution in [0.15, 0.2) is 40.4 Å². The first-order valence-electron chi connectivity index (χ1n) is 7.37. The number of guanidine groups is 2. The van der Waals surface area contributed by atoms with Gasteiger partial charge in [0, 0.05) is 0 Å². The molecule has 6 heteroatoms. The number of hydrazone groups is 1. The predicted octanol–water partition coefficient (Wildman–Crippen LogP) is 0.881. The lowest BCUT2D eigenvalue weighted by atomic mass is 9.78.